The van der Waals surface area contributed by atoms with Gasteiger partial charge in [-0.25, -0.2) is 4.98 Å². The van der Waals surface area contributed by atoms with Gasteiger partial charge in [0.1, 0.15) is 5.75 Å². The molecule has 2 aromatic heterocycles. The molecule has 1 saturated carbocycles. The molecule has 4 rings (SSSR count). The van der Waals surface area contributed by atoms with Crippen molar-refractivity contribution in [3.05, 3.63) is 52.3 Å². The monoisotopic (exact) mass is 428 g/mol. The van der Waals surface area contributed by atoms with Gasteiger partial charge in [0, 0.05) is 30.4 Å². The Morgan fingerprint density at radius 2 is 2.07 bits per heavy atom. The average Bonchev–Trinajstić information content (AvgIpc) is 3.44. The molecule has 0 bridgehead atoms. The molecule has 8 heteroatoms. The van der Waals surface area contributed by atoms with Crippen molar-refractivity contribution in [1.82, 2.24) is 20.2 Å². The standard InChI is InChI=1S/C19H21BrN6O/c1-27-14-6-2-12(3-7-14)8-9-21-19-22-11-15(20)18(24-19)23-17-10-16(25-26-17)13-4-5-13/h2-3,6-7,10-11,13H,4-5,8-9H2,1H3,(H3,21,22,23,24,25,26). The highest BCUT2D eigenvalue weighted by atomic mass is 79.9. The highest BCUT2D eigenvalue weighted by Crippen LogP contribution is 2.39. The Morgan fingerprint density at radius 3 is 2.81 bits per heavy atom. The first-order valence-electron chi connectivity index (χ1n) is 8.93. The van der Waals surface area contributed by atoms with Crippen molar-refractivity contribution < 1.29 is 4.74 Å². The second-order valence-corrected chi connectivity index (χ2v) is 7.38. The van der Waals surface area contributed by atoms with E-state index in [1.165, 1.54) is 24.1 Å². The molecule has 1 aliphatic rings. The van der Waals surface area contributed by atoms with Crippen LogP contribution in [0.15, 0.2) is 41.0 Å². The molecule has 0 spiro atoms. The second-order valence-electron chi connectivity index (χ2n) is 6.52. The van der Waals surface area contributed by atoms with E-state index in [1.54, 1.807) is 13.3 Å². The predicted molar refractivity (Wildman–Crippen MR) is 109 cm³/mol. The summed E-state index contributed by atoms with van der Waals surface area (Å²) in [5, 5.41) is 13.9. The van der Waals surface area contributed by atoms with Gasteiger partial charge in [0.2, 0.25) is 5.95 Å². The van der Waals surface area contributed by atoms with Gasteiger partial charge >= 0.3 is 0 Å². The fourth-order valence-electron chi connectivity index (χ4n) is 2.78. The molecular weight excluding hydrogens is 408 g/mol. The topological polar surface area (TPSA) is 87.8 Å². The maximum absolute atomic E-state index is 5.18. The SMILES string of the molecule is COc1ccc(CCNc2ncc(Br)c(Nc3cc(C4CC4)[nH]n3)n2)cc1. The predicted octanol–water partition coefficient (Wildman–Crippen LogP) is 4.25. The number of hydrogen-bond donors (Lipinski definition) is 3. The van der Waals surface area contributed by atoms with E-state index in [1.807, 2.05) is 18.2 Å². The van der Waals surface area contributed by atoms with Crippen molar-refractivity contribution in [2.24, 2.45) is 0 Å². The number of hydrogen-bond acceptors (Lipinski definition) is 6. The summed E-state index contributed by atoms with van der Waals surface area (Å²) >= 11 is 3.49. The van der Waals surface area contributed by atoms with Crippen LogP contribution in [0.5, 0.6) is 5.75 Å². The number of methoxy groups -OCH3 is 1. The lowest BCUT2D eigenvalue weighted by atomic mass is 10.1. The molecule has 2 heterocycles. The third-order valence-corrected chi connectivity index (χ3v) is 5.04. The van der Waals surface area contributed by atoms with Crippen LogP contribution in [0.25, 0.3) is 0 Å². The van der Waals surface area contributed by atoms with Gasteiger partial charge in [0.15, 0.2) is 11.6 Å². The smallest absolute Gasteiger partial charge is 0.224 e. The molecule has 140 valence electrons. The van der Waals surface area contributed by atoms with Gasteiger partial charge in [-0.1, -0.05) is 12.1 Å². The van der Waals surface area contributed by atoms with Gasteiger partial charge in [0.25, 0.3) is 0 Å². The van der Waals surface area contributed by atoms with Crippen LogP contribution in [0.2, 0.25) is 0 Å². The van der Waals surface area contributed by atoms with Gasteiger partial charge in [-0.3, -0.25) is 5.10 Å². The van der Waals surface area contributed by atoms with E-state index in [9.17, 15) is 0 Å². The summed E-state index contributed by atoms with van der Waals surface area (Å²) in [6.45, 7) is 0.738. The fourth-order valence-corrected chi connectivity index (χ4v) is 3.07. The van der Waals surface area contributed by atoms with Gasteiger partial charge in [-0.15, -0.1) is 0 Å². The van der Waals surface area contributed by atoms with Crippen LogP contribution in [0.4, 0.5) is 17.6 Å². The van der Waals surface area contributed by atoms with Crippen LogP contribution in [0.1, 0.15) is 30.0 Å². The quantitative estimate of drug-likeness (QED) is 0.497. The van der Waals surface area contributed by atoms with E-state index in [2.05, 4.69) is 58.9 Å². The number of rotatable bonds is 8. The molecule has 0 aliphatic heterocycles. The minimum atomic E-state index is 0.576. The van der Waals surface area contributed by atoms with Crippen molar-refractivity contribution in [1.29, 1.82) is 0 Å². The Balaban J connectivity index is 1.35. The summed E-state index contributed by atoms with van der Waals surface area (Å²) in [4.78, 5) is 8.87. The first-order chi connectivity index (χ1) is 13.2. The Morgan fingerprint density at radius 1 is 1.26 bits per heavy atom. The maximum atomic E-state index is 5.18. The molecule has 3 aromatic rings. The lowest BCUT2D eigenvalue weighted by Gasteiger charge is -2.09. The molecule has 0 radical (unpaired) electrons. The van der Waals surface area contributed by atoms with E-state index >= 15 is 0 Å². The van der Waals surface area contributed by atoms with Gasteiger partial charge < -0.3 is 15.4 Å². The molecule has 0 amide bonds. The molecule has 1 fully saturated rings. The number of anilines is 3. The van der Waals surface area contributed by atoms with Crippen molar-refractivity contribution >= 4 is 33.5 Å². The fraction of sp³-hybridized carbons (Fsp3) is 0.316. The molecule has 0 atom stereocenters. The number of H-pyrrole nitrogens is 1. The van der Waals surface area contributed by atoms with Crippen LogP contribution in [0, 0.1) is 0 Å². The molecule has 3 N–H and O–H groups in total. The van der Waals surface area contributed by atoms with Crippen molar-refractivity contribution in [3.63, 3.8) is 0 Å². The number of nitrogens with zero attached hydrogens (tertiary/aromatic N) is 3. The number of nitrogens with one attached hydrogen (secondary N) is 3. The molecule has 0 unspecified atom stereocenters. The van der Waals surface area contributed by atoms with E-state index in [-0.39, 0.29) is 0 Å². The van der Waals surface area contributed by atoms with Gasteiger partial charge in [0.05, 0.1) is 11.6 Å². The molecule has 1 aliphatic carbocycles. The summed E-state index contributed by atoms with van der Waals surface area (Å²) in [5.41, 5.74) is 2.41. The Kier molecular flexibility index (Phi) is 5.24. The molecule has 0 saturated heterocycles. The highest BCUT2D eigenvalue weighted by Gasteiger charge is 2.25. The van der Waals surface area contributed by atoms with Gasteiger partial charge in [-0.2, -0.15) is 10.1 Å². The molecule has 27 heavy (non-hydrogen) atoms. The summed E-state index contributed by atoms with van der Waals surface area (Å²) in [7, 11) is 1.67. The average molecular weight is 429 g/mol. The molecule has 1 aromatic carbocycles. The van der Waals surface area contributed by atoms with E-state index in [4.69, 9.17) is 4.74 Å². The Bertz CT molecular complexity index is 907. The highest BCUT2D eigenvalue weighted by molar-refractivity contribution is 9.10. The van der Waals surface area contributed by atoms with Crippen LogP contribution < -0.4 is 15.4 Å². The summed E-state index contributed by atoms with van der Waals surface area (Å²) in [6, 6.07) is 10.1. The lowest BCUT2D eigenvalue weighted by molar-refractivity contribution is 0.414. The zero-order valence-corrected chi connectivity index (χ0v) is 16.6. The van der Waals surface area contributed by atoms with Crippen molar-refractivity contribution in [2.45, 2.75) is 25.2 Å². The summed E-state index contributed by atoms with van der Waals surface area (Å²) < 4.78 is 5.97. The van der Waals surface area contributed by atoms with E-state index in [0.29, 0.717) is 17.7 Å². The first-order valence-corrected chi connectivity index (χ1v) is 9.72. The number of halogens is 1. The normalized spacial score (nSPS) is 13.4. The van der Waals surface area contributed by atoms with E-state index < -0.39 is 0 Å². The largest absolute Gasteiger partial charge is 0.497 e. The number of aromatic amines is 1. The lowest BCUT2D eigenvalue weighted by Crippen LogP contribution is -2.09. The first kappa shape index (κ1) is 17.8. The second kappa shape index (κ2) is 7.96. The third kappa shape index (κ3) is 4.57. The number of ether oxygens (including phenoxy) is 1. The molecule has 7 nitrogen and oxygen atoms in total. The Hall–Kier alpha value is -2.61. The van der Waals surface area contributed by atoms with E-state index in [0.717, 1.165) is 29.0 Å². The number of benzene rings is 1. The van der Waals surface area contributed by atoms with Gasteiger partial charge in [-0.05, 0) is 52.9 Å². The zero-order chi connectivity index (χ0) is 18.6. The minimum absolute atomic E-state index is 0.576. The van der Waals surface area contributed by atoms with Crippen molar-refractivity contribution in [3.8, 4) is 5.75 Å². The summed E-state index contributed by atoms with van der Waals surface area (Å²) in [5.74, 6) is 3.53. The maximum Gasteiger partial charge on any atom is 0.224 e. The van der Waals surface area contributed by atoms with Crippen molar-refractivity contribution in [2.75, 3.05) is 24.3 Å². The third-order valence-electron chi connectivity index (χ3n) is 4.46. The van der Waals surface area contributed by atoms with Crippen LogP contribution in [-0.2, 0) is 6.42 Å². The minimum Gasteiger partial charge on any atom is -0.497 e. The zero-order valence-electron chi connectivity index (χ0n) is 15.0. The Labute approximate surface area is 166 Å². The number of aromatic nitrogens is 4. The molecular formula is C19H21BrN6O. The van der Waals surface area contributed by atoms with Crippen LogP contribution in [-0.4, -0.2) is 33.8 Å². The van der Waals surface area contributed by atoms with Crippen LogP contribution in [0.3, 0.4) is 0 Å². The summed E-state index contributed by atoms with van der Waals surface area (Å²) in [6.07, 6.45) is 5.08. The van der Waals surface area contributed by atoms with Crippen LogP contribution >= 0.6 is 15.9 Å².